The van der Waals surface area contributed by atoms with Crippen molar-refractivity contribution in [3.63, 3.8) is 0 Å². The van der Waals surface area contributed by atoms with Gasteiger partial charge in [0.15, 0.2) is 5.96 Å². The Hall–Kier alpha value is -2.67. The van der Waals surface area contributed by atoms with Crippen LogP contribution < -0.4 is 5.32 Å². The second-order valence-corrected chi connectivity index (χ2v) is 7.03. The minimum atomic E-state index is 0.647. The summed E-state index contributed by atoms with van der Waals surface area (Å²) >= 11 is 1.69. The Morgan fingerprint density at radius 1 is 1.24 bits per heavy atom. The van der Waals surface area contributed by atoms with Gasteiger partial charge in [-0.05, 0) is 12.5 Å². The number of aryl methyl sites for hydroxylation is 1. The number of guanidine groups is 1. The van der Waals surface area contributed by atoms with Gasteiger partial charge in [-0.15, -0.1) is 11.3 Å². The molecule has 6 nitrogen and oxygen atoms in total. The number of thiazole rings is 1. The Bertz CT molecular complexity index is 836. The Labute approximate surface area is 151 Å². The van der Waals surface area contributed by atoms with Crippen molar-refractivity contribution >= 4 is 17.3 Å². The number of H-pyrrole nitrogens is 1. The van der Waals surface area contributed by atoms with Gasteiger partial charge in [0, 0.05) is 25.2 Å². The summed E-state index contributed by atoms with van der Waals surface area (Å²) in [7, 11) is 3.78. The second-order valence-electron chi connectivity index (χ2n) is 5.71. The fraction of sp³-hybridized carbons (Fsp3) is 0.278. The minimum Gasteiger partial charge on any atom is -0.351 e. The number of nitrogens with one attached hydrogen (secondary N) is 2. The highest BCUT2D eigenvalue weighted by Gasteiger charge is 2.10. The van der Waals surface area contributed by atoms with Crippen LogP contribution in [0.5, 0.6) is 0 Å². The molecule has 7 heteroatoms. The zero-order valence-electron chi connectivity index (χ0n) is 14.7. The first-order valence-corrected chi connectivity index (χ1v) is 8.89. The highest BCUT2D eigenvalue weighted by atomic mass is 32.1. The standard InChI is InChI=1S/C18H22N6S/c1-13-20-9-15(25-13)10-22-18(19-2)24(3)12-17-21-11-16(23-17)14-7-5-4-6-8-14/h4-9,11H,10,12H2,1-3H3,(H,19,22)(H,21,23). The molecule has 0 bridgehead atoms. The summed E-state index contributed by atoms with van der Waals surface area (Å²) < 4.78 is 0. The molecule has 0 unspecified atom stereocenters. The minimum absolute atomic E-state index is 0.647. The first-order chi connectivity index (χ1) is 12.2. The van der Waals surface area contributed by atoms with E-state index >= 15 is 0 Å². The van der Waals surface area contributed by atoms with E-state index in [2.05, 4.69) is 37.4 Å². The quantitative estimate of drug-likeness (QED) is 0.546. The van der Waals surface area contributed by atoms with Crippen molar-refractivity contribution in [2.24, 2.45) is 4.99 Å². The molecule has 0 fully saturated rings. The van der Waals surface area contributed by atoms with Crippen molar-refractivity contribution in [1.29, 1.82) is 0 Å². The predicted octanol–water partition coefficient (Wildman–Crippen LogP) is 3.05. The molecule has 0 saturated carbocycles. The molecule has 0 aliphatic heterocycles. The molecule has 130 valence electrons. The van der Waals surface area contributed by atoms with Crippen LogP contribution in [0.2, 0.25) is 0 Å². The van der Waals surface area contributed by atoms with Crippen LogP contribution in [0.3, 0.4) is 0 Å². The summed E-state index contributed by atoms with van der Waals surface area (Å²) in [6.07, 6.45) is 3.77. The summed E-state index contributed by atoms with van der Waals surface area (Å²) in [6.45, 7) is 3.38. The van der Waals surface area contributed by atoms with E-state index in [9.17, 15) is 0 Å². The van der Waals surface area contributed by atoms with Crippen molar-refractivity contribution < 1.29 is 0 Å². The summed E-state index contributed by atoms with van der Waals surface area (Å²) in [5.41, 5.74) is 2.15. The lowest BCUT2D eigenvalue weighted by Gasteiger charge is -2.20. The highest BCUT2D eigenvalue weighted by molar-refractivity contribution is 7.11. The second kappa shape index (κ2) is 7.94. The summed E-state index contributed by atoms with van der Waals surface area (Å²) in [5, 5.41) is 4.44. The molecule has 0 amide bonds. The molecule has 0 atom stereocenters. The average Bonchev–Trinajstić information content (AvgIpc) is 3.25. The molecule has 0 spiro atoms. The number of aromatic nitrogens is 3. The molecule has 0 radical (unpaired) electrons. The Morgan fingerprint density at radius 3 is 2.72 bits per heavy atom. The number of benzene rings is 1. The van der Waals surface area contributed by atoms with Gasteiger partial charge in [-0.3, -0.25) is 4.99 Å². The molecule has 0 aliphatic rings. The molecular formula is C18H22N6S. The van der Waals surface area contributed by atoms with E-state index in [0.717, 1.165) is 34.6 Å². The van der Waals surface area contributed by atoms with Crippen molar-refractivity contribution in [1.82, 2.24) is 25.2 Å². The number of rotatable bonds is 5. The lowest BCUT2D eigenvalue weighted by molar-refractivity contribution is 0.464. The van der Waals surface area contributed by atoms with E-state index in [4.69, 9.17) is 0 Å². The van der Waals surface area contributed by atoms with Crippen LogP contribution >= 0.6 is 11.3 Å². The van der Waals surface area contributed by atoms with Gasteiger partial charge in [-0.25, -0.2) is 9.97 Å². The van der Waals surface area contributed by atoms with Crippen molar-refractivity contribution in [3.8, 4) is 11.3 Å². The number of nitrogens with zero attached hydrogens (tertiary/aromatic N) is 4. The van der Waals surface area contributed by atoms with Gasteiger partial charge < -0.3 is 15.2 Å². The Morgan fingerprint density at radius 2 is 2.04 bits per heavy atom. The monoisotopic (exact) mass is 354 g/mol. The van der Waals surface area contributed by atoms with E-state index in [0.29, 0.717) is 6.54 Å². The van der Waals surface area contributed by atoms with Crippen LogP contribution in [-0.4, -0.2) is 39.9 Å². The number of aliphatic imine (C=N–C) groups is 1. The Kier molecular flexibility index (Phi) is 5.45. The molecule has 0 aliphatic carbocycles. The maximum atomic E-state index is 4.48. The lowest BCUT2D eigenvalue weighted by atomic mass is 10.2. The zero-order valence-corrected chi connectivity index (χ0v) is 15.5. The van der Waals surface area contributed by atoms with Gasteiger partial charge in [-0.2, -0.15) is 0 Å². The lowest BCUT2D eigenvalue weighted by Crippen LogP contribution is -2.38. The van der Waals surface area contributed by atoms with Gasteiger partial charge in [0.25, 0.3) is 0 Å². The van der Waals surface area contributed by atoms with Gasteiger partial charge in [0.2, 0.25) is 0 Å². The summed E-state index contributed by atoms with van der Waals surface area (Å²) in [4.78, 5) is 19.7. The molecule has 1 aromatic carbocycles. The van der Waals surface area contributed by atoms with Crippen LogP contribution in [0, 0.1) is 6.92 Å². The molecule has 0 saturated heterocycles. The number of aromatic amines is 1. The number of hydrogen-bond acceptors (Lipinski definition) is 4. The van der Waals surface area contributed by atoms with E-state index < -0.39 is 0 Å². The summed E-state index contributed by atoms with van der Waals surface area (Å²) in [6, 6.07) is 10.2. The smallest absolute Gasteiger partial charge is 0.194 e. The van der Waals surface area contributed by atoms with Gasteiger partial charge >= 0.3 is 0 Å². The van der Waals surface area contributed by atoms with Crippen LogP contribution in [0.25, 0.3) is 11.3 Å². The average molecular weight is 354 g/mol. The first-order valence-electron chi connectivity index (χ1n) is 8.08. The number of imidazole rings is 1. The van der Waals surface area contributed by atoms with E-state index in [1.165, 1.54) is 4.88 Å². The fourth-order valence-electron chi connectivity index (χ4n) is 2.54. The molecular weight excluding hydrogens is 332 g/mol. The number of hydrogen-bond donors (Lipinski definition) is 2. The molecule has 3 aromatic rings. The predicted molar refractivity (Wildman–Crippen MR) is 103 cm³/mol. The third-order valence-electron chi connectivity index (χ3n) is 3.76. The highest BCUT2D eigenvalue weighted by Crippen LogP contribution is 2.16. The normalized spacial score (nSPS) is 11.6. The molecule has 2 N–H and O–H groups in total. The van der Waals surface area contributed by atoms with Crippen molar-refractivity contribution in [3.05, 3.63) is 58.4 Å². The van der Waals surface area contributed by atoms with Gasteiger partial charge in [-0.1, -0.05) is 30.3 Å². The molecule has 3 rings (SSSR count). The van der Waals surface area contributed by atoms with Crippen molar-refractivity contribution in [2.75, 3.05) is 14.1 Å². The van der Waals surface area contributed by atoms with Crippen LogP contribution in [0.1, 0.15) is 15.7 Å². The van der Waals surface area contributed by atoms with E-state index in [-0.39, 0.29) is 0 Å². The van der Waals surface area contributed by atoms with Crippen LogP contribution in [-0.2, 0) is 13.1 Å². The SMILES string of the molecule is CN=C(NCc1cnc(C)s1)N(C)Cc1ncc(-c2ccccc2)[nH]1. The topological polar surface area (TPSA) is 69.2 Å². The molecule has 25 heavy (non-hydrogen) atoms. The largest absolute Gasteiger partial charge is 0.351 e. The molecule has 2 aromatic heterocycles. The first kappa shape index (κ1) is 17.2. The van der Waals surface area contributed by atoms with E-state index in [1.807, 2.05) is 49.5 Å². The van der Waals surface area contributed by atoms with Crippen LogP contribution in [0.4, 0.5) is 0 Å². The summed E-state index contributed by atoms with van der Waals surface area (Å²) in [5.74, 6) is 1.72. The Balaban J connectivity index is 1.60. The maximum absolute atomic E-state index is 4.48. The molecule has 2 heterocycles. The maximum Gasteiger partial charge on any atom is 0.194 e. The van der Waals surface area contributed by atoms with E-state index in [1.54, 1.807) is 18.4 Å². The van der Waals surface area contributed by atoms with Gasteiger partial charge in [0.1, 0.15) is 5.82 Å². The van der Waals surface area contributed by atoms with Gasteiger partial charge in [0.05, 0.1) is 30.0 Å². The fourth-order valence-corrected chi connectivity index (χ4v) is 3.28. The third-order valence-corrected chi connectivity index (χ3v) is 4.68. The zero-order chi connectivity index (χ0) is 17.6. The van der Waals surface area contributed by atoms with Crippen LogP contribution in [0.15, 0.2) is 47.7 Å². The van der Waals surface area contributed by atoms with Crippen molar-refractivity contribution in [2.45, 2.75) is 20.0 Å². The third kappa shape index (κ3) is 4.45.